The van der Waals surface area contributed by atoms with Crippen molar-refractivity contribution in [3.05, 3.63) is 59.9 Å². The van der Waals surface area contributed by atoms with E-state index in [1.54, 1.807) is 13.1 Å². The summed E-state index contributed by atoms with van der Waals surface area (Å²) in [6.07, 6.45) is 2.83. The van der Waals surface area contributed by atoms with Crippen LogP contribution >= 0.6 is 0 Å². The Morgan fingerprint density at radius 1 is 1.13 bits per heavy atom. The first-order valence-corrected chi connectivity index (χ1v) is 10.8. The van der Waals surface area contributed by atoms with Gasteiger partial charge in [-0.3, -0.25) is 9.59 Å². The third-order valence-corrected chi connectivity index (χ3v) is 6.85. The number of nitrogens with zero attached hydrogens (tertiary/aromatic N) is 1. The van der Waals surface area contributed by atoms with E-state index in [-0.39, 0.29) is 23.5 Å². The molecule has 2 fully saturated rings. The summed E-state index contributed by atoms with van der Waals surface area (Å²) in [7, 11) is 1.67. The third-order valence-electron chi connectivity index (χ3n) is 6.85. The van der Waals surface area contributed by atoms with Gasteiger partial charge in [0.1, 0.15) is 5.82 Å². The minimum atomic E-state index is -0.565. The van der Waals surface area contributed by atoms with E-state index in [1.165, 1.54) is 12.1 Å². The highest BCUT2D eigenvalue weighted by atomic mass is 19.1. The van der Waals surface area contributed by atoms with Gasteiger partial charge in [-0.1, -0.05) is 43.3 Å². The molecule has 0 unspecified atom stereocenters. The predicted molar refractivity (Wildman–Crippen MR) is 115 cm³/mol. The molecule has 0 radical (unpaired) electrons. The highest BCUT2D eigenvalue weighted by Crippen LogP contribution is 2.42. The number of piperidine rings is 1. The Kier molecular flexibility index (Phi) is 5.63. The number of nitrogens with one attached hydrogen (secondary N) is 1. The van der Waals surface area contributed by atoms with Crippen molar-refractivity contribution in [3.8, 4) is 11.1 Å². The largest absolute Gasteiger partial charge is 0.359 e. The molecule has 0 bridgehead atoms. The molecule has 4 rings (SSSR count). The van der Waals surface area contributed by atoms with Crippen molar-refractivity contribution in [3.63, 3.8) is 0 Å². The van der Waals surface area contributed by atoms with E-state index in [1.807, 2.05) is 35.2 Å². The van der Waals surface area contributed by atoms with Gasteiger partial charge in [-0.15, -0.1) is 0 Å². The van der Waals surface area contributed by atoms with Crippen molar-refractivity contribution in [2.45, 2.75) is 32.6 Å². The number of benzene rings is 2. The second-order valence-electron chi connectivity index (χ2n) is 8.85. The summed E-state index contributed by atoms with van der Waals surface area (Å²) in [5.74, 6) is 0.647. The van der Waals surface area contributed by atoms with Crippen LogP contribution in [0.4, 0.5) is 4.39 Å². The molecule has 2 aliphatic rings. The summed E-state index contributed by atoms with van der Waals surface area (Å²) < 4.78 is 13.8. The Morgan fingerprint density at radius 2 is 1.83 bits per heavy atom. The van der Waals surface area contributed by atoms with Gasteiger partial charge in [0.15, 0.2) is 0 Å². The zero-order chi connectivity index (χ0) is 21.3. The van der Waals surface area contributed by atoms with Crippen LogP contribution in [0.1, 0.15) is 31.7 Å². The molecule has 4 nitrogen and oxygen atoms in total. The number of likely N-dealkylation sites (tertiary alicyclic amines) is 1. The number of hydrogen-bond acceptors (Lipinski definition) is 2. The average molecular weight is 409 g/mol. The van der Waals surface area contributed by atoms with E-state index in [9.17, 15) is 14.0 Å². The maximum Gasteiger partial charge on any atom is 0.226 e. The molecule has 1 aliphatic heterocycles. The molecular weight excluding hydrogens is 379 g/mol. The van der Waals surface area contributed by atoms with Crippen LogP contribution in [-0.2, 0) is 16.0 Å². The number of amides is 2. The summed E-state index contributed by atoms with van der Waals surface area (Å²) in [4.78, 5) is 27.6. The summed E-state index contributed by atoms with van der Waals surface area (Å²) in [5, 5.41) is 2.85. The fourth-order valence-electron chi connectivity index (χ4n) is 4.78. The van der Waals surface area contributed by atoms with Crippen LogP contribution in [0.2, 0.25) is 0 Å². The Bertz CT molecular complexity index is 950. The molecule has 158 valence electrons. The van der Waals surface area contributed by atoms with Gasteiger partial charge >= 0.3 is 0 Å². The average Bonchev–Trinajstić information content (AvgIpc) is 3.50. The lowest BCUT2D eigenvalue weighted by Gasteiger charge is -2.41. The smallest absolute Gasteiger partial charge is 0.226 e. The molecule has 5 heteroatoms. The lowest BCUT2D eigenvalue weighted by molar-refractivity contribution is -0.141. The molecule has 2 amide bonds. The fraction of sp³-hybridized carbons (Fsp3) is 0.440. The van der Waals surface area contributed by atoms with Crippen LogP contribution in [-0.4, -0.2) is 36.9 Å². The molecule has 1 heterocycles. The van der Waals surface area contributed by atoms with Crippen LogP contribution in [0, 0.1) is 23.1 Å². The van der Waals surface area contributed by atoms with Crippen molar-refractivity contribution in [2.24, 2.45) is 17.3 Å². The Morgan fingerprint density at radius 3 is 2.47 bits per heavy atom. The lowest BCUT2D eigenvalue weighted by atomic mass is 9.72. The molecule has 2 atom stereocenters. The summed E-state index contributed by atoms with van der Waals surface area (Å²) >= 11 is 0. The lowest BCUT2D eigenvalue weighted by Crippen LogP contribution is -2.51. The van der Waals surface area contributed by atoms with Gasteiger partial charge < -0.3 is 10.2 Å². The van der Waals surface area contributed by atoms with E-state index < -0.39 is 5.41 Å². The second kappa shape index (κ2) is 8.21. The number of carbonyl (C=O) groups is 2. The zero-order valence-corrected chi connectivity index (χ0v) is 17.7. The zero-order valence-electron chi connectivity index (χ0n) is 17.7. The quantitative estimate of drug-likeness (QED) is 0.812. The number of carbonyl (C=O) groups excluding carboxylic acids is 2. The first kappa shape index (κ1) is 20.6. The van der Waals surface area contributed by atoms with Crippen LogP contribution in [0.25, 0.3) is 11.1 Å². The minimum absolute atomic E-state index is 0.0171. The SMILES string of the molecule is CNC(=O)C1(Cc2ccccc2-c2cccc(F)c2)CCN(C(=O)[C@H]2C[C@H]2C)CC1. The van der Waals surface area contributed by atoms with Crippen molar-refractivity contribution in [1.29, 1.82) is 0 Å². The van der Waals surface area contributed by atoms with Crippen molar-refractivity contribution >= 4 is 11.8 Å². The number of hydrogen-bond donors (Lipinski definition) is 1. The van der Waals surface area contributed by atoms with Crippen LogP contribution in [0.5, 0.6) is 0 Å². The summed E-state index contributed by atoms with van der Waals surface area (Å²) in [5.41, 5.74) is 2.23. The normalized spacial score (nSPS) is 22.4. The first-order valence-electron chi connectivity index (χ1n) is 10.8. The maximum absolute atomic E-state index is 13.8. The van der Waals surface area contributed by atoms with E-state index in [0.717, 1.165) is 23.1 Å². The molecule has 2 aromatic rings. The fourth-order valence-corrected chi connectivity index (χ4v) is 4.78. The maximum atomic E-state index is 13.8. The number of halogens is 1. The Hall–Kier alpha value is -2.69. The predicted octanol–water partition coefficient (Wildman–Crippen LogP) is 4.05. The molecular formula is C25H29FN2O2. The van der Waals surface area contributed by atoms with Gasteiger partial charge in [0.25, 0.3) is 0 Å². The molecule has 2 aromatic carbocycles. The monoisotopic (exact) mass is 408 g/mol. The van der Waals surface area contributed by atoms with E-state index in [0.29, 0.717) is 38.3 Å². The van der Waals surface area contributed by atoms with Gasteiger partial charge in [0.05, 0.1) is 5.41 Å². The van der Waals surface area contributed by atoms with Crippen molar-refractivity contribution < 1.29 is 14.0 Å². The Balaban J connectivity index is 1.58. The van der Waals surface area contributed by atoms with Gasteiger partial charge in [0, 0.05) is 26.1 Å². The van der Waals surface area contributed by atoms with Gasteiger partial charge in [-0.2, -0.15) is 0 Å². The molecule has 1 aliphatic carbocycles. The number of rotatable bonds is 5. The van der Waals surface area contributed by atoms with E-state index in [4.69, 9.17) is 0 Å². The van der Waals surface area contributed by atoms with E-state index in [2.05, 4.69) is 12.2 Å². The molecule has 1 saturated carbocycles. The van der Waals surface area contributed by atoms with Crippen LogP contribution in [0.15, 0.2) is 48.5 Å². The standard InChI is InChI=1S/C25H29FN2O2/c1-17-14-22(17)23(29)28-12-10-25(11-13-28,24(30)27-2)16-19-6-3-4-9-21(19)18-7-5-8-20(26)15-18/h3-9,15,17,22H,10-14,16H2,1-2H3,(H,27,30)/t17-,22+/m1/s1. The first-order chi connectivity index (χ1) is 14.4. The van der Waals surface area contributed by atoms with E-state index >= 15 is 0 Å². The molecule has 30 heavy (non-hydrogen) atoms. The molecule has 0 aromatic heterocycles. The van der Waals surface area contributed by atoms with Gasteiger partial charge in [0.2, 0.25) is 11.8 Å². The van der Waals surface area contributed by atoms with Crippen LogP contribution in [0.3, 0.4) is 0 Å². The van der Waals surface area contributed by atoms with Crippen molar-refractivity contribution in [2.75, 3.05) is 20.1 Å². The summed E-state index contributed by atoms with van der Waals surface area (Å²) in [6, 6.07) is 14.5. The minimum Gasteiger partial charge on any atom is -0.359 e. The molecule has 1 N–H and O–H groups in total. The Labute approximate surface area is 177 Å². The highest BCUT2D eigenvalue weighted by molar-refractivity contribution is 5.85. The summed E-state index contributed by atoms with van der Waals surface area (Å²) in [6.45, 7) is 3.33. The van der Waals surface area contributed by atoms with Crippen molar-refractivity contribution in [1.82, 2.24) is 10.2 Å². The topological polar surface area (TPSA) is 49.4 Å². The highest BCUT2D eigenvalue weighted by Gasteiger charge is 2.46. The van der Waals surface area contributed by atoms with Gasteiger partial charge in [-0.25, -0.2) is 4.39 Å². The molecule has 0 spiro atoms. The third kappa shape index (κ3) is 3.98. The van der Waals surface area contributed by atoms with Crippen LogP contribution < -0.4 is 5.32 Å². The van der Waals surface area contributed by atoms with Gasteiger partial charge in [-0.05, 0) is 60.4 Å². The second-order valence-corrected chi connectivity index (χ2v) is 8.85. The molecule has 1 saturated heterocycles.